The van der Waals surface area contributed by atoms with Crippen molar-refractivity contribution < 1.29 is 14.4 Å². The Morgan fingerprint density at radius 3 is 2.50 bits per heavy atom. The van der Waals surface area contributed by atoms with Gasteiger partial charge >= 0.3 is 0 Å². The van der Waals surface area contributed by atoms with Crippen LogP contribution in [0.15, 0.2) is 18.3 Å². The summed E-state index contributed by atoms with van der Waals surface area (Å²) >= 11 is 0. The number of hydrogen-bond donors (Lipinski definition) is 1. The highest BCUT2D eigenvalue weighted by Crippen LogP contribution is 2.20. The van der Waals surface area contributed by atoms with Crippen LogP contribution in [0.3, 0.4) is 0 Å². The van der Waals surface area contributed by atoms with E-state index in [0.29, 0.717) is 0 Å². The summed E-state index contributed by atoms with van der Waals surface area (Å²) < 4.78 is 0. The molecule has 2 rings (SSSR count). The first kappa shape index (κ1) is 8.62. The van der Waals surface area contributed by atoms with Crippen molar-refractivity contribution in [1.82, 2.24) is 4.98 Å². The number of carbonyl (C=O) groups excluding carboxylic acids is 3. The minimum atomic E-state index is -0.300. The summed E-state index contributed by atoms with van der Waals surface area (Å²) in [7, 11) is 0. The van der Waals surface area contributed by atoms with E-state index in [-0.39, 0.29) is 34.2 Å². The number of allylic oxidation sites excluding steroid dienone is 2. The summed E-state index contributed by atoms with van der Waals surface area (Å²) in [6.07, 6.45) is 3.78. The quantitative estimate of drug-likeness (QED) is 0.674. The average Bonchev–Trinajstić information content (AvgIpc) is 2.56. The standard InChI is InChI=1S/C10H7NO3/c1-5(12)6-4-11-10-8(14)3-2-7(13)9(6)10/h2-4,11H,1H3. The SMILES string of the molecule is CC(=O)c1c[nH]c2c1C(=O)C=CC2=O. The lowest BCUT2D eigenvalue weighted by molar-refractivity contribution is 0.0979. The highest BCUT2D eigenvalue weighted by atomic mass is 16.1. The molecule has 1 N–H and O–H groups in total. The first-order valence-electron chi connectivity index (χ1n) is 4.10. The summed E-state index contributed by atoms with van der Waals surface area (Å²) in [5.41, 5.74) is 0.690. The van der Waals surface area contributed by atoms with Gasteiger partial charge in [-0.25, -0.2) is 0 Å². The summed E-state index contributed by atoms with van der Waals surface area (Å²) in [5, 5.41) is 0. The van der Waals surface area contributed by atoms with Gasteiger partial charge in [0.1, 0.15) is 0 Å². The van der Waals surface area contributed by atoms with Crippen molar-refractivity contribution in [3.05, 3.63) is 35.2 Å². The highest BCUT2D eigenvalue weighted by Gasteiger charge is 2.25. The Morgan fingerprint density at radius 1 is 1.21 bits per heavy atom. The van der Waals surface area contributed by atoms with E-state index in [9.17, 15) is 14.4 Å². The molecule has 70 valence electrons. The number of carbonyl (C=O) groups is 3. The van der Waals surface area contributed by atoms with Crippen LogP contribution in [-0.2, 0) is 0 Å². The molecule has 0 spiro atoms. The molecule has 1 aromatic heterocycles. The Morgan fingerprint density at radius 2 is 1.86 bits per heavy atom. The van der Waals surface area contributed by atoms with E-state index in [4.69, 9.17) is 0 Å². The first-order valence-corrected chi connectivity index (χ1v) is 4.10. The molecule has 0 radical (unpaired) electrons. The second-order valence-electron chi connectivity index (χ2n) is 3.07. The molecule has 14 heavy (non-hydrogen) atoms. The maximum atomic E-state index is 11.4. The third-order valence-corrected chi connectivity index (χ3v) is 2.14. The molecule has 1 aliphatic rings. The van der Waals surface area contributed by atoms with Crippen molar-refractivity contribution in [3.8, 4) is 0 Å². The first-order chi connectivity index (χ1) is 6.61. The van der Waals surface area contributed by atoms with Gasteiger partial charge in [-0.2, -0.15) is 0 Å². The fourth-order valence-electron chi connectivity index (χ4n) is 1.47. The van der Waals surface area contributed by atoms with E-state index >= 15 is 0 Å². The largest absolute Gasteiger partial charge is 0.357 e. The van der Waals surface area contributed by atoms with Gasteiger partial charge in [0.25, 0.3) is 0 Å². The maximum Gasteiger partial charge on any atom is 0.202 e. The van der Waals surface area contributed by atoms with Crippen LogP contribution in [0.1, 0.15) is 38.1 Å². The van der Waals surface area contributed by atoms with Gasteiger partial charge in [0.15, 0.2) is 11.6 Å². The van der Waals surface area contributed by atoms with Gasteiger partial charge in [-0.15, -0.1) is 0 Å². The number of fused-ring (bicyclic) bond motifs is 1. The van der Waals surface area contributed by atoms with Crippen molar-refractivity contribution >= 4 is 17.3 Å². The molecule has 0 unspecified atom stereocenters. The van der Waals surface area contributed by atoms with E-state index in [1.165, 1.54) is 25.3 Å². The molecule has 1 aliphatic carbocycles. The lowest BCUT2D eigenvalue weighted by Gasteiger charge is -2.03. The van der Waals surface area contributed by atoms with E-state index in [0.717, 1.165) is 0 Å². The Bertz CT molecular complexity index is 480. The molecule has 0 saturated carbocycles. The molecule has 0 amide bonds. The summed E-state index contributed by atoms with van der Waals surface area (Å²) in [6, 6.07) is 0. The molecule has 0 fully saturated rings. The topological polar surface area (TPSA) is 67.0 Å². The zero-order valence-electron chi connectivity index (χ0n) is 7.46. The number of rotatable bonds is 1. The second kappa shape index (κ2) is 2.77. The minimum absolute atomic E-state index is 0.199. The Hall–Kier alpha value is -1.97. The number of hydrogen-bond acceptors (Lipinski definition) is 3. The molecule has 0 saturated heterocycles. The van der Waals surface area contributed by atoms with Crippen molar-refractivity contribution in [2.75, 3.05) is 0 Å². The predicted octanol–water partition coefficient (Wildman–Crippen LogP) is 1.15. The van der Waals surface area contributed by atoms with Crippen LogP contribution < -0.4 is 0 Å². The van der Waals surface area contributed by atoms with Gasteiger partial charge in [-0.1, -0.05) is 0 Å². The smallest absolute Gasteiger partial charge is 0.202 e. The molecular formula is C10H7NO3. The van der Waals surface area contributed by atoms with Crippen LogP contribution in [-0.4, -0.2) is 22.3 Å². The summed E-state index contributed by atoms with van der Waals surface area (Å²) in [5.74, 6) is -0.794. The number of aromatic amines is 1. The molecule has 0 aliphatic heterocycles. The highest BCUT2D eigenvalue weighted by molar-refractivity contribution is 6.24. The average molecular weight is 189 g/mol. The number of aromatic nitrogens is 1. The Kier molecular flexibility index (Phi) is 1.70. The molecule has 0 atom stereocenters. The van der Waals surface area contributed by atoms with E-state index < -0.39 is 0 Å². The number of nitrogens with one attached hydrogen (secondary N) is 1. The zero-order valence-corrected chi connectivity index (χ0v) is 7.46. The van der Waals surface area contributed by atoms with Gasteiger partial charge in [-0.3, -0.25) is 14.4 Å². The third-order valence-electron chi connectivity index (χ3n) is 2.14. The van der Waals surface area contributed by atoms with Crippen LogP contribution in [0, 0.1) is 0 Å². The van der Waals surface area contributed by atoms with Crippen LogP contribution in [0.2, 0.25) is 0 Å². The van der Waals surface area contributed by atoms with Gasteiger partial charge in [0.2, 0.25) is 5.78 Å². The molecule has 1 aromatic rings. The van der Waals surface area contributed by atoms with E-state index in [2.05, 4.69) is 4.98 Å². The fraction of sp³-hybridized carbons (Fsp3) is 0.100. The summed E-state index contributed by atoms with van der Waals surface area (Å²) in [6.45, 7) is 1.36. The Labute approximate surface area is 79.6 Å². The van der Waals surface area contributed by atoms with Crippen LogP contribution >= 0.6 is 0 Å². The minimum Gasteiger partial charge on any atom is -0.357 e. The molecule has 4 heteroatoms. The molecule has 1 heterocycles. The van der Waals surface area contributed by atoms with Crippen molar-refractivity contribution in [1.29, 1.82) is 0 Å². The second-order valence-corrected chi connectivity index (χ2v) is 3.07. The van der Waals surface area contributed by atoms with E-state index in [1.807, 2.05) is 0 Å². The summed E-state index contributed by atoms with van der Waals surface area (Å²) in [4.78, 5) is 36.5. The monoisotopic (exact) mass is 189 g/mol. The van der Waals surface area contributed by atoms with Crippen LogP contribution in [0.25, 0.3) is 0 Å². The Balaban J connectivity index is 2.69. The number of H-pyrrole nitrogens is 1. The van der Waals surface area contributed by atoms with Crippen LogP contribution in [0.5, 0.6) is 0 Å². The lowest BCUT2D eigenvalue weighted by Crippen LogP contribution is -2.12. The van der Waals surface area contributed by atoms with Crippen LogP contribution in [0.4, 0.5) is 0 Å². The predicted molar refractivity (Wildman–Crippen MR) is 48.6 cm³/mol. The van der Waals surface area contributed by atoms with Gasteiger partial charge in [0.05, 0.1) is 11.3 Å². The normalized spacial score (nSPS) is 14.4. The fourth-order valence-corrected chi connectivity index (χ4v) is 1.47. The van der Waals surface area contributed by atoms with Crippen molar-refractivity contribution in [2.45, 2.75) is 6.92 Å². The maximum absolute atomic E-state index is 11.4. The number of Topliss-reactive ketones (excluding diaryl/α,β-unsaturated/α-hetero) is 1. The number of ketones is 3. The molecule has 0 bridgehead atoms. The molecule has 4 nitrogen and oxygen atoms in total. The van der Waals surface area contributed by atoms with Crippen molar-refractivity contribution in [3.63, 3.8) is 0 Å². The van der Waals surface area contributed by atoms with Crippen molar-refractivity contribution in [2.24, 2.45) is 0 Å². The zero-order chi connectivity index (χ0) is 10.3. The molecular weight excluding hydrogens is 182 g/mol. The van der Waals surface area contributed by atoms with Gasteiger partial charge in [0, 0.05) is 11.8 Å². The third kappa shape index (κ3) is 1.04. The molecule has 0 aromatic carbocycles. The van der Waals surface area contributed by atoms with E-state index in [1.54, 1.807) is 0 Å². The lowest BCUT2D eigenvalue weighted by atomic mass is 9.97. The van der Waals surface area contributed by atoms with Gasteiger partial charge in [-0.05, 0) is 19.1 Å². The van der Waals surface area contributed by atoms with Gasteiger partial charge < -0.3 is 4.98 Å².